The van der Waals surface area contributed by atoms with Gasteiger partial charge in [-0.3, -0.25) is 4.98 Å². The number of nitrogens with zero attached hydrogens (tertiary/aromatic N) is 3. The predicted octanol–water partition coefficient (Wildman–Crippen LogP) is 4.10. The smallest absolute Gasteiger partial charge is 0.135 e. The van der Waals surface area contributed by atoms with Gasteiger partial charge in [0.1, 0.15) is 11.3 Å². The molecule has 0 saturated heterocycles. The zero-order valence-corrected chi connectivity index (χ0v) is 16.1. The highest BCUT2D eigenvalue weighted by molar-refractivity contribution is 5.63. The third kappa shape index (κ3) is 4.34. The standard InChI is InChI=1S/C23H26N4/c1-5-18-8-6-7-9-19(18)12-21-13-22(15-25-16(21)2)20-10-11-27(4)23(14-20)26-17(3)24/h5,8-11,13-15H,1,3,6-7,12,24H2,2,4H3/b26-23-. The average Bonchev–Trinajstić information content (AvgIpc) is 2.65. The van der Waals surface area contributed by atoms with Gasteiger partial charge in [0.2, 0.25) is 0 Å². The Kier molecular flexibility index (Phi) is 5.55. The maximum Gasteiger partial charge on any atom is 0.135 e. The van der Waals surface area contributed by atoms with Crippen LogP contribution in [0.1, 0.15) is 24.1 Å². The van der Waals surface area contributed by atoms with E-state index in [2.05, 4.69) is 54.3 Å². The molecule has 138 valence electrons. The quantitative estimate of drug-likeness (QED) is 0.875. The SMILES string of the molecule is C=CC1=CCCC=C1Cc1cc(-c2ccn(C)/c(=N\C(=C)N)c2)cnc1C. The average molecular weight is 358 g/mol. The largest absolute Gasteiger partial charge is 0.384 e. The molecule has 0 unspecified atom stereocenters. The highest BCUT2D eigenvalue weighted by Gasteiger charge is 2.11. The summed E-state index contributed by atoms with van der Waals surface area (Å²) in [4.78, 5) is 8.93. The summed E-state index contributed by atoms with van der Waals surface area (Å²) in [6, 6.07) is 6.28. The number of rotatable bonds is 5. The monoisotopic (exact) mass is 358 g/mol. The van der Waals surface area contributed by atoms with E-state index in [1.807, 2.05) is 36.2 Å². The molecule has 1 aliphatic rings. The molecule has 2 heterocycles. The van der Waals surface area contributed by atoms with E-state index in [1.54, 1.807) is 0 Å². The zero-order chi connectivity index (χ0) is 19.4. The summed E-state index contributed by atoms with van der Waals surface area (Å²) in [6.07, 6.45) is 13.4. The molecule has 0 radical (unpaired) electrons. The predicted molar refractivity (Wildman–Crippen MR) is 112 cm³/mol. The van der Waals surface area contributed by atoms with Crippen LogP contribution < -0.4 is 11.2 Å². The maximum absolute atomic E-state index is 5.65. The van der Waals surface area contributed by atoms with Crippen LogP contribution >= 0.6 is 0 Å². The summed E-state index contributed by atoms with van der Waals surface area (Å²) in [6.45, 7) is 9.68. The van der Waals surface area contributed by atoms with Gasteiger partial charge < -0.3 is 10.3 Å². The molecule has 3 rings (SSSR count). The first-order valence-corrected chi connectivity index (χ1v) is 9.11. The maximum atomic E-state index is 5.65. The highest BCUT2D eigenvalue weighted by Crippen LogP contribution is 2.26. The third-order valence-corrected chi connectivity index (χ3v) is 4.80. The Balaban J connectivity index is 1.99. The number of hydrogen-bond acceptors (Lipinski definition) is 3. The summed E-state index contributed by atoms with van der Waals surface area (Å²) < 4.78 is 1.91. The van der Waals surface area contributed by atoms with Crippen molar-refractivity contribution in [2.45, 2.75) is 26.2 Å². The molecule has 0 bridgehead atoms. The lowest BCUT2D eigenvalue weighted by molar-refractivity contribution is 0.826. The van der Waals surface area contributed by atoms with Crippen molar-refractivity contribution in [2.24, 2.45) is 17.8 Å². The summed E-state index contributed by atoms with van der Waals surface area (Å²) in [5.41, 5.74) is 13.4. The Morgan fingerprint density at radius 3 is 2.81 bits per heavy atom. The van der Waals surface area contributed by atoms with Crippen molar-refractivity contribution in [1.29, 1.82) is 0 Å². The van der Waals surface area contributed by atoms with Gasteiger partial charge in [-0.1, -0.05) is 31.4 Å². The van der Waals surface area contributed by atoms with Crippen LogP contribution in [0.2, 0.25) is 0 Å². The molecule has 0 atom stereocenters. The van der Waals surface area contributed by atoms with E-state index in [0.29, 0.717) is 5.82 Å². The number of allylic oxidation sites excluding steroid dienone is 5. The molecule has 0 saturated carbocycles. The van der Waals surface area contributed by atoms with Crippen LogP contribution in [0.25, 0.3) is 11.1 Å². The summed E-state index contributed by atoms with van der Waals surface area (Å²) >= 11 is 0. The first-order valence-electron chi connectivity index (χ1n) is 9.11. The Bertz CT molecular complexity index is 1020. The molecule has 2 aromatic heterocycles. The van der Waals surface area contributed by atoms with E-state index < -0.39 is 0 Å². The zero-order valence-electron chi connectivity index (χ0n) is 16.1. The molecular weight excluding hydrogens is 332 g/mol. The van der Waals surface area contributed by atoms with E-state index in [1.165, 1.54) is 16.7 Å². The fourth-order valence-corrected chi connectivity index (χ4v) is 3.25. The van der Waals surface area contributed by atoms with Crippen molar-refractivity contribution in [3.8, 4) is 11.1 Å². The molecule has 0 fully saturated rings. The molecule has 1 aliphatic carbocycles. The van der Waals surface area contributed by atoms with Crippen LogP contribution in [0.4, 0.5) is 0 Å². The third-order valence-electron chi connectivity index (χ3n) is 4.80. The van der Waals surface area contributed by atoms with Crippen molar-refractivity contribution in [3.05, 3.63) is 95.7 Å². The lowest BCUT2D eigenvalue weighted by atomic mass is 9.91. The van der Waals surface area contributed by atoms with Crippen LogP contribution in [0.5, 0.6) is 0 Å². The fraction of sp³-hybridized carbons (Fsp3) is 0.217. The van der Waals surface area contributed by atoms with Crippen molar-refractivity contribution < 1.29 is 0 Å². The van der Waals surface area contributed by atoms with Crippen LogP contribution in [-0.4, -0.2) is 9.55 Å². The second-order valence-electron chi connectivity index (χ2n) is 6.80. The van der Waals surface area contributed by atoms with Gasteiger partial charge >= 0.3 is 0 Å². The second-order valence-corrected chi connectivity index (χ2v) is 6.80. The Hall–Kier alpha value is -3.14. The molecule has 0 spiro atoms. The van der Waals surface area contributed by atoms with Crippen molar-refractivity contribution in [3.63, 3.8) is 0 Å². The second kappa shape index (κ2) is 8.04. The van der Waals surface area contributed by atoms with Gasteiger partial charge in [-0.2, -0.15) is 0 Å². The summed E-state index contributed by atoms with van der Waals surface area (Å²) in [7, 11) is 1.93. The first-order chi connectivity index (χ1) is 13.0. The number of aromatic nitrogens is 2. The van der Waals surface area contributed by atoms with Gasteiger partial charge in [0, 0.05) is 30.7 Å². The van der Waals surface area contributed by atoms with E-state index in [-0.39, 0.29) is 0 Å². The lowest BCUT2D eigenvalue weighted by Crippen LogP contribution is -2.18. The minimum atomic E-state index is 0.290. The minimum absolute atomic E-state index is 0.290. The number of hydrogen-bond donors (Lipinski definition) is 1. The van der Waals surface area contributed by atoms with Gasteiger partial charge in [0.25, 0.3) is 0 Å². The fourth-order valence-electron chi connectivity index (χ4n) is 3.25. The minimum Gasteiger partial charge on any atom is -0.384 e. The van der Waals surface area contributed by atoms with Crippen LogP contribution in [-0.2, 0) is 13.5 Å². The normalized spacial score (nSPS) is 14.5. The molecular formula is C23H26N4. The van der Waals surface area contributed by atoms with Crippen molar-refractivity contribution in [2.75, 3.05) is 0 Å². The van der Waals surface area contributed by atoms with E-state index >= 15 is 0 Å². The van der Waals surface area contributed by atoms with Crippen molar-refractivity contribution in [1.82, 2.24) is 9.55 Å². The first kappa shape index (κ1) is 18.6. The highest BCUT2D eigenvalue weighted by atomic mass is 15.0. The van der Waals surface area contributed by atoms with Crippen LogP contribution in [0.3, 0.4) is 0 Å². The van der Waals surface area contributed by atoms with Gasteiger partial charge in [-0.05, 0) is 66.7 Å². The van der Waals surface area contributed by atoms with E-state index in [4.69, 9.17) is 5.73 Å². The molecule has 4 nitrogen and oxygen atoms in total. The molecule has 0 aromatic carbocycles. The Morgan fingerprint density at radius 1 is 1.30 bits per heavy atom. The Morgan fingerprint density at radius 2 is 2.07 bits per heavy atom. The van der Waals surface area contributed by atoms with Crippen LogP contribution in [0.15, 0.2) is 83.9 Å². The molecule has 0 amide bonds. The van der Waals surface area contributed by atoms with Gasteiger partial charge in [0.15, 0.2) is 0 Å². The van der Waals surface area contributed by atoms with Gasteiger partial charge in [-0.25, -0.2) is 4.99 Å². The van der Waals surface area contributed by atoms with E-state index in [9.17, 15) is 0 Å². The molecule has 0 aliphatic heterocycles. The number of aryl methyl sites for hydroxylation is 2. The van der Waals surface area contributed by atoms with E-state index in [0.717, 1.165) is 41.6 Å². The number of nitrogens with two attached hydrogens (primary N) is 1. The summed E-state index contributed by atoms with van der Waals surface area (Å²) in [5.74, 6) is 0.290. The molecule has 4 heteroatoms. The number of pyridine rings is 2. The summed E-state index contributed by atoms with van der Waals surface area (Å²) in [5, 5.41) is 0. The van der Waals surface area contributed by atoms with Gasteiger partial charge in [-0.15, -0.1) is 0 Å². The molecule has 2 N–H and O–H groups in total. The lowest BCUT2D eigenvalue weighted by Gasteiger charge is -2.15. The van der Waals surface area contributed by atoms with Gasteiger partial charge in [0.05, 0.1) is 0 Å². The van der Waals surface area contributed by atoms with Crippen molar-refractivity contribution >= 4 is 0 Å². The Labute approximate surface area is 160 Å². The van der Waals surface area contributed by atoms with Crippen LogP contribution in [0, 0.1) is 6.92 Å². The molecule has 2 aromatic rings. The molecule has 27 heavy (non-hydrogen) atoms. The topological polar surface area (TPSA) is 56.2 Å².